The summed E-state index contributed by atoms with van der Waals surface area (Å²) in [5.41, 5.74) is 0.505. The van der Waals surface area contributed by atoms with Crippen molar-refractivity contribution in [3.8, 4) is 0 Å². The molecule has 0 radical (unpaired) electrons. The van der Waals surface area contributed by atoms with Gasteiger partial charge in [-0.1, -0.05) is 34.1 Å². The molecule has 20 heavy (non-hydrogen) atoms. The highest BCUT2D eigenvalue weighted by Crippen LogP contribution is 2.15. The van der Waals surface area contributed by atoms with Gasteiger partial charge in [0.15, 0.2) is 0 Å². The maximum atomic E-state index is 13.3. The fourth-order valence-electron chi connectivity index (χ4n) is 2.12. The second-order valence-electron chi connectivity index (χ2n) is 4.47. The Labute approximate surface area is 122 Å². The van der Waals surface area contributed by atoms with Crippen LogP contribution in [0, 0.1) is 5.82 Å². The average molecular weight is 333 g/mol. The molecule has 0 aliphatic carbocycles. The van der Waals surface area contributed by atoms with Gasteiger partial charge in [0.1, 0.15) is 5.82 Å². The van der Waals surface area contributed by atoms with Crippen molar-refractivity contribution in [1.29, 1.82) is 0 Å². The number of rotatable bonds is 2. The van der Waals surface area contributed by atoms with Crippen LogP contribution in [0.3, 0.4) is 0 Å². The first-order chi connectivity index (χ1) is 9.63. The quantitative estimate of drug-likeness (QED) is 0.721. The van der Waals surface area contributed by atoms with Gasteiger partial charge in [-0.05, 0) is 29.8 Å². The maximum absolute atomic E-state index is 13.3. The van der Waals surface area contributed by atoms with E-state index in [9.17, 15) is 9.18 Å². The summed E-state index contributed by atoms with van der Waals surface area (Å²) in [6, 6.07) is 11.8. The summed E-state index contributed by atoms with van der Waals surface area (Å²) in [6.45, 7) is 0.236. The van der Waals surface area contributed by atoms with E-state index in [4.69, 9.17) is 0 Å². The summed E-state index contributed by atoms with van der Waals surface area (Å²) < 4.78 is 15.3. The smallest absolute Gasteiger partial charge is 0.267 e. The summed E-state index contributed by atoms with van der Waals surface area (Å²) >= 11 is 3.24. The second-order valence-corrected chi connectivity index (χ2v) is 5.39. The summed E-state index contributed by atoms with van der Waals surface area (Å²) in [4.78, 5) is 12.3. The molecular formula is C15H10BrFN2O. The highest BCUT2D eigenvalue weighted by molar-refractivity contribution is 9.10. The van der Waals surface area contributed by atoms with Crippen LogP contribution in [-0.2, 0) is 6.54 Å². The van der Waals surface area contributed by atoms with Crippen molar-refractivity contribution in [3.63, 3.8) is 0 Å². The molecule has 2 aromatic carbocycles. The van der Waals surface area contributed by atoms with E-state index in [-0.39, 0.29) is 17.9 Å². The Kier molecular flexibility index (Phi) is 3.36. The molecule has 5 heteroatoms. The first kappa shape index (κ1) is 13.0. The number of fused-ring (bicyclic) bond motifs is 1. The average Bonchev–Trinajstić information content (AvgIpc) is 2.41. The lowest BCUT2D eigenvalue weighted by Gasteiger charge is -2.07. The lowest BCUT2D eigenvalue weighted by atomic mass is 10.2. The maximum Gasteiger partial charge on any atom is 0.274 e. The van der Waals surface area contributed by atoms with E-state index in [2.05, 4.69) is 21.0 Å². The molecule has 0 saturated carbocycles. The number of benzene rings is 2. The molecule has 3 rings (SSSR count). The number of aromatic nitrogens is 2. The summed E-state index contributed by atoms with van der Waals surface area (Å²) in [5, 5.41) is 5.54. The van der Waals surface area contributed by atoms with Gasteiger partial charge in [0, 0.05) is 9.86 Å². The molecule has 0 unspecified atom stereocenters. The van der Waals surface area contributed by atoms with Crippen LogP contribution in [0.5, 0.6) is 0 Å². The number of nitrogens with zero attached hydrogens (tertiary/aromatic N) is 2. The van der Waals surface area contributed by atoms with Gasteiger partial charge in [-0.2, -0.15) is 5.10 Å². The molecular weight excluding hydrogens is 323 g/mol. The molecule has 0 atom stereocenters. The fourth-order valence-corrected chi connectivity index (χ4v) is 2.63. The Bertz CT molecular complexity index is 824. The predicted octanol–water partition coefficient (Wildman–Crippen LogP) is 3.35. The van der Waals surface area contributed by atoms with Gasteiger partial charge in [-0.25, -0.2) is 9.07 Å². The van der Waals surface area contributed by atoms with Crippen LogP contribution in [0.15, 0.2) is 57.9 Å². The Balaban J connectivity index is 2.07. The zero-order chi connectivity index (χ0) is 14.1. The van der Waals surface area contributed by atoms with Crippen LogP contribution in [-0.4, -0.2) is 9.78 Å². The zero-order valence-corrected chi connectivity index (χ0v) is 12.0. The Morgan fingerprint density at radius 1 is 1.20 bits per heavy atom. The molecule has 100 valence electrons. The summed E-state index contributed by atoms with van der Waals surface area (Å²) in [7, 11) is 0. The van der Waals surface area contributed by atoms with Crippen molar-refractivity contribution < 1.29 is 4.39 Å². The van der Waals surface area contributed by atoms with E-state index < -0.39 is 0 Å². The van der Waals surface area contributed by atoms with E-state index >= 15 is 0 Å². The second kappa shape index (κ2) is 5.17. The zero-order valence-electron chi connectivity index (χ0n) is 10.4. The first-order valence-corrected chi connectivity index (χ1v) is 6.82. The minimum absolute atomic E-state index is 0.177. The molecule has 0 aliphatic heterocycles. The molecule has 0 bridgehead atoms. The van der Waals surface area contributed by atoms with Gasteiger partial charge >= 0.3 is 0 Å². The number of hydrogen-bond acceptors (Lipinski definition) is 2. The summed E-state index contributed by atoms with van der Waals surface area (Å²) in [5.74, 6) is -0.344. The normalized spacial score (nSPS) is 10.9. The third kappa shape index (κ3) is 2.49. The lowest BCUT2D eigenvalue weighted by molar-refractivity contribution is 0.612. The Morgan fingerprint density at radius 3 is 2.80 bits per heavy atom. The van der Waals surface area contributed by atoms with E-state index in [1.165, 1.54) is 16.8 Å². The van der Waals surface area contributed by atoms with Gasteiger partial charge in [-0.3, -0.25) is 4.79 Å². The molecule has 0 aliphatic rings. The van der Waals surface area contributed by atoms with Crippen molar-refractivity contribution in [2.45, 2.75) is 6.54 Å². The Morgan fingerprint density at radius 2 is 2.00 bits per heavy atom. The highest BCUT2D eigenvalue weighted by atomic mass is 79.9. The van der Waals surface area contributed by atoms with Gasteiger partial charge in [-0.15, -0.1) is 0 Å². The van der Waals surface area contributed by atoms with E-state index in [1.807, 2.05) is 18.2 Å². The standard InChI is InChI=1S/C15H10BrFN2O/c16-12-5-10(6-13(17)7-12)9-19-15(20)14-4-2-1-3-11(14)8-18-19/h1-8H,9H2. The molecule has 0 amide bonds. The molecule has 3 nitrogen and oxygen atoms in total. The minimum atomic E-state index is -0.344. The predicted molar refractivity (Wildman–Crippen MR) is 79.2 cm³/mol. The van der Waals surface area contributed by atoms with Gasteiger partial charge in [0.25, 0.3) is 5.56 Å². The van der Waals surface area contributed by atoms with Crippen LogP contribution in [0.1, 0.15) is 5.56 Å². The molecule has 0 fully saturated rings. The van der Waals surface area contributed by atoms with E-state index in [0.717, 1.165) is 5.39 Å². The number of hydrogen-bond donors (Lipinski definition) is 0. The van der Waals surface area contributed by atoms with Crippen LogP contribution < -0.4 is 5.56 Å². The monoisotopic (exact) mass is 332 g/mol. The largest absolute Gasteiger partial charge is 0.274 e. The highest BCUT2D eigenvalue weighted by Gasteiger charge is 2.06. The lowest BCUT2D eigenvalue weighted by Crippen LogP contribution is -2.23. The Hall–Kier alpha value is -2.01. The fraction of sp³-hybridized carbons (Fsp3) is 0.0667. The minimum Gasteiger partial charge on any atom is -0.267 e. The van der Waals surface area contributed by atoms with Crippen LogP contribution in [0.2, 0.25) is 0 Å². The van der Waals surface area contributed by atoms with Gasteiger partial charge < -0.3 is 0 Å². The molecule has 0 N–H and O–H groups in total. The molecule has 1 aromatic heterocycles. The van der Waals surface area contributed by atoms with Crippen molar-refractivity contribution in [1.82, 2.24) is 9.78 Å². The first-order valence-electron chi connectivity index (χ1n) is 6.03. The van der Waals surface area contributed by atoms with Crippen molar-refractivity contribution >= 4 is 26.7 Å². The van der Waals surface area contributed by atoms with E-state index in [0.29, 0.717) is 15.4 Å². The van der Waals surface area contributed by atoms with E-state index in [1.54, 1.807) is 18.3 Å². The summed E-state index contributed by atoms with van der Waals surface area (Å²) in [6.07, 6.45) is 1.64. The van der Waals surface area contributed by atoms with Gasteiger partial charge in [0.2, 0.25) is 0 Å². The van der Waals surface area contributed by atoms with Crippen molar-refractivity contribution in [2.75, 3.05) is 0 Å². The van der Waals surface area contributed by atoms with Crippen molar-refractivity contribution in [2.24, 2.45) is 0 Å². The van der Waals surface area contributed by atoms with Crippen molar-refractivity contribution in [3.05, 3.63) is 74.9 Å². The molecule has 0 spiro atoms. The molecule has 0 saturated heterocycles. The number of halogens is 2. The SMILES string of the molecule is O=c1c2ccccc2cnn1Cc1cc(F)cc(Br)c1. The van der Waals surface area contributed by atoms with Crippen LogP contribution >= 0.6 is 15.9 Å². The van der Waals surface area contributed by atoms with Crippen LogP contribution in [0.25, 0.3) is 10.8 Å². The third-order valence-corrected chi connectivity index (χ3v) is 3.47. The van der Waals surface area contributed by atoms with Crippen LogP contribution in [0.4, 0.5) is 4.39 Å². The third-order valence-electron chi connectivity index (χ3n) is 3.02. The molecule has 3 aromatic rings. The topological polar surface area (TPSA) is 34.9 Å². The van der Waals surface area contributed by atoms with Gasteiger partial charge in [0.05, 0.1) is 18.1 Å². The molecule has 1 heterocycles.